The molecule has 0 amide bonds. The Labute approximate surface area is 111 Å². The van der Waals surface area contributed by atoms with Crippen molar-refractivity contribution in [3.8, 4) is 0 Å². The zero-order valence-electron chi connectivity index (χ0n) is 11.1. The fourth-order valence-corrected chi connectivity index (χ4v) is 1.90. The molecule has 0 saturated heterocycles. The molecule has 0 radical (unpaired) electrons. The molecule has 1 aromatic carbocycles. The molecule has 0 aliphatic rings. The first-order valence-corrected chi connectivity index (χ1v) is 6.29. The number of aromatic nitrogens is 1. The maximum atomic E-state index is 13.1. The first-order valence-electron chi connectivity index (χ1n) is 6.29. The summed E-state index contributed by atoms with van der Waals surface area (Å²) in [7, 11) is 0. The Balaban J connectivity index is 2.10. The average Bonchev–Trinajstić information content (AvgIpc) is 2.41. The smallest absolute Gasteiger partial charge is 0.250 e. The average molecular weight is 260 g/mol. The van der Waals surface area contributed by atoms with Crippen LogP contribution in [0.1, 0.15) is 18.1 Å². The molecule has 100 valence electrons. The molecule has 1 aromatic heterocycles. The van der Waals surface area contributed by atoms with Crippen molar-refractivity contribution >= 4 is 5.69 Å². The van der Waals surface area contributed by atoms with Crippen molar-refractivity contribution in [2.45, 2.75) is 26.9 Å². The van der Waals surface area contributed by atoms with Crippen molar-refractivity contribution in [2.75, 3.05) is 5.32 Å². The summed E-state index contributed by atoms with van der Waals surface area (Å²) in [6.45, 7) is 4.91. The van der Waals surface area contributed by atoms with Crippen LogP contribution in [0.15, 0.2) is 41.3 Å². The van der Waals surface area contributed by atoms with Crippen LogP contribution in [-0.2, 0) is 13.1 Å². The van der Waals surface area contributed by atoms with E-state index in [0.717, 1.165) is 11.3 Å². The van der Waals surface area contributed by atoms with E-state index in [0.29, 0.717) is 18.7 Å². The third kappa shape index (κ3) is 3.22. The number of anilines is 1. The Morgan fingerprint density at radius 3 is 2.74 bits per heavy atom. The van der Waals surface area contributed by atoms with Crippen LogP contribution in [0, 0.1) is 12.7 Å². The highest BCUT2D eigenvalue weighted by Gasteiger charge is 2.00. The quantitative estimate of drug-likeness (QED) is 0.917. The third-order valence-electron chi connectivity index (χ3n) is 3.04. The minimum Gasteiger partial charge on any atom is -0.380 e. The topological polar surface area (TPSA) is 34.0 Å². The van der Waals surface area contributed by atoms with Gasteiger partial charge in [0.05, 0.1) is 5.69 Å². The van der Waals surface area contributed by atoms with Crippen LogP contribution < -0.4 is 10.9 Å². The first-order chi connectivity index (χ1) is 9.10. The molecule has 1 heterocycles. The highest BCUT2D eigenvalue weighted by molar-refractivity contribution is 5.41. The van der Waals surface area contributed by atoms with Gasteiger partial charge in [0, 0.05) is 25.4 Å². The zero-order chi connectivity index (χ0) is 13.8. The maximum Gasteiger partial charge on any atom is 0.250 e. The summed E-state index contributed by atoms with van der Waals surface area (Å²) >= 11 is 0. The normalized spacial score (nSPS) is 10.5. The summed E-state index contributed by atoms with van der Waals surface area (Å²) in [5, 5.41) is 3.23. The van der Waals surface area contributed by atoms with Crippen LogP contribution in [0.5, 0.6) is 0 Å². The lowest BCUT2D eigenvalue weighted by molar-refractivity contribution is 0.617. The van der Waals surface area contributed by atoms with E-state index in [1.165, 1.54) is 6.07 Å². The Morgan fingerprint density at radius 1 is 1.26 bits per heavy atom. The highest BCUT2D eigenvalue weighted by Crippen LogP contribution is 2.11. The molecule has 0 unspecified atom stereocenters. The molecule has 0 aliphatic carbocycles. The molecule has 0 aliphatic heterocycles. The summed E-state index contributed by atoms with van der Waals surface area (Å²) in [5.74, 6) is -0.191. The number of hydrogen-bond acceptors (Lipinski definition) is 2. The fraction of sp³-hybridized carbons (Fsp3) is 0.267. The predicted molar refractivity (Wildman–Crippen MR) is 74.8 cm³/mol. The molecule has 2 aromatic rings. The summed E-state index contributed by atoms with van der Waals surface area (Å²) in [4.78, 5) is 11.5. The highest BCUT2D eigenvalue weighted by atomic mass is 19.1. The Morgan fingerprint density at radius 2 is 2.05 bits per heavy atom. The number of halogens is 1. The monoisotopic (exact) mass is 260 g/mol. The molecule has 4 heteroatoms. The number of hydrogen-bond donors (Lipinski definition) is 1. The van der Waals surface area contributed by atoms with Crippen LogP contribution in [-0.4, -0.2) is 4.57 Å². The largest absolute Gasteiger partial charge is 0.380 e. The molecule has 3 nitrogen and oxygen atoms in total. The summed E-state index contributed by atoms with van der Waals surface area (Å²) in [6, 6.07) is 8.34. The second-order valence-corrected chi connectivity index (χ2v) is 4.48. The maximum absolute atomic E-state index is 13.1. The predicted octanol–water partition coefficient (Wildman–Crippen LogP) is 2.93. The van der Waals surface area contributed by atoms with Gasteiger partial charge in [-0.3, -0.25) is 4.79 Å². The number of nitrogens with zero attached hydrogens (tertiary/aromatic N) is 1. The van der Waals surface area contributed by atoms with Gasteiger partial charge in [-0.15, -0.1) is 0 Å². The van der Waals surface area contributed by atoms with Gasteiger partial charge in [-0.05, 0) is 37.1 Å². The van der Waals surface area contributed by atoms with E-state index < -0.39 is 0 Å². The van der Waals surface area contributed by atoms with Crippen molar-refractivity contribution in [3.05, 3.63) is 63.8 Å². The molecule has 0 saturated carbocycles. The third-order valence-corrected chi connectivity index (χ3v) is 3.04. The number of pyridine rings is 1. The van der Waals surface area contributed by atoms with Crippen LogP contribution in [0.3, 0.4) is 0 Å². The van der Waals surface area contributed by atoms with Gasteiger partial charge >= 0.3 is 0 Å². The molecule has 19 heavy (non-hydrogen) atoms. The van der Waals surface area contributed by atoms with Gasteiger partial charge in [-0.25, -0.2) is 4.39 Å². The Kier molecular flexibility index (Phi) is 4.00. The van der Waals surface area contributed by atoms with Crippen LogP contribution in [0.4, 0.5) is 10.1 Å². The zero-order valence-corrected chi connectivity index (χ0v) is 11.1. The number of aryl methyl sites for hydroxylation is 2. The Hall–Kier alpha value is -2.10. The van der Waals surface area contributed by atoms with Crippen molar-refractivity contribution in [1.29, 1.82) is 0 Å². The van der Waals surface area contributed by atoms with Crippen molar-refractivity contribution in [2.24, 2.45) is 0 Å². The van der Waals surface area contributed by atoms with E-state index in [1.54, 1.807) is 35.9 Å². The van der Waals surface area contributed by atoms with E-state index in [-0.39, 0.29) is 11.4 Å². The molecule has 0 fully saturated rings. The lowest BCUT2D eigenvalue weighted by atomic mass is 10.1. The molecule has 0 spiro atoms. The van der Waals surface area contributed by atoms with Gasteiger partial charge < -0.3 is 9.88 Å². The van der Waals surface area contributed by atoms with Gasteiger partial charge in [0.15, 0.2) is 0 Å². The minimum absolute atomic E-state index is 0.00863. The van der Waals surface area contributed by atoms with E-state index in [2.05, 4.69) is 5.32 Å². The van der Waals surface area contributed by atoms with Gasteiger partial charge in [-0.2, -0.15) is 0 Å². The van der Waals surface area contributed by atoms with Gasteiger partial charge in [0.1, 0.15) is 5.82 Å². The van der Waals surface area contributed by atoms with Crippen molar-refractivity contribution < 1.29 is 4.39 Å². The standard InChI is InChI=1S/C15H17FN2O/c1-3-18-10-13(5-7-15(18)19)17-9-12-4-6-14(16)11(2)8-12/h4-8,10,17H,3,9H2,1-2H3. The van der Waals surface area contributed by atoms with Crippen LogP contribution in [0.2, 0.25) is 0 Å². The molecule has 0 bridgehead atoms. The van der Waals surface area contributed by atoms with Gasteiger partial charge in [0.2, 0.25) is 0 Å². The minimum atomic E-state index is -0.191. The SMILES string of the molecule is CCn1cc(NCc2ccc(F)c(C)c2)ccc1=O. The molecular formula is C15H17FN2O. The lowest BCUT2D eigenvalue weighted by Crippen LogP contribution is -2.17. The van der Waals surface area contributed by atoms with Crippen molar-refractivity contribution in [1.82, 2.24) is 4.57 Å². The van der Waals surface area contributed by atoms with Crippen molar-refractivity contribution in [3.63, 3.8) is 0 Å². The van der Waals surface area contributed by atoms with Gasteiger partial charge in [-0.1, -0.05) is 12.1 Å². The number of rotatable bonds is 4. The summed E-state index contributed by atoms with van der Waals surface area (Å²) in [5.41, 5.74) is 2.51. The van der Waals surface area contributed by atoms with E-state index in [4.69, 9.17) is 0 Å². The lowest BCUT2D eigenvalue weighted by Gasteiger charge is -2.09. The van der Waals surface area contributed by atoms with E-state index in [9.17, 15) is 9.18 Å². The van der Waals surface area contributed by atoms with Crippen LogP contribution in [0.25, 0.3) is 0 Å². The molecular weight excluding hydrogens is 243 g/mol. The first kappa shape index (κ1) is 13.3. The number of nitrogens with one attached hydrogen (secondary N) is 1. The van der Waals surface area contributed by atoms with Gasteiger partial charge in [0.25, 0.3) is 5.56 Å². The number of benzene rings is 1. The second-order valence-electron chi connectivity index (χ2n) is 4.48. The Bertz CT molecular complexity index is 634. The summed E-state index contributed by atoms with van der Waals surface area (Å²) in [6.07, 6.45) is 1.79. The molecule has 0 atom stereocenters. The van der Waals surface area contributed by atoms with E-state index >= 15 is 0 Å². The van der Waals surface area contributed by atoms with E-state index in [1.807, 2.05) is 13.0 Å². The molecule has 2 rings (SSSR count). The second kappa shape index (κ2) is 5.69. The van der Waals surface area contributed by atoms with Crippen LogP contribution >= 0.6 is 0 Å². The molecule has 1 N–H and O–H groups in total. The fourth-order valence-electron chi connectivity index (χ4n) is 1.90. The summed E-state index contributed by atoms with van der Waals surface area (Å²) < 4.78 is 14.8.